The van der Waals surface area contributed by atoms with E-state index >= 15 is 0 Å². The monoisotopic (exact) mass is 255 g/mol. The van der Waals surface area contributed by atoms with Crippen LogP contribution in [0.5, 0.6) is 0 Å². The van der Waals surface area contributed by atoms with Gasteiger partial charge in [0.05, 0.1) is 11.3 Å². The first-order valence-electron chi connectivity index (χ1n) is 4.33. The van der Waals surface area contributed by atoms with Crippen LogP contribution < -0.4 is 17.1 Å². The summed E-state index contributed by atoms with van der Waals surface area (Å²) in [7, 11) is 0. The predicted octanol–water partition coefficient (Wildman–Crippen LogP) is 0.406. The van der Waals surface area contributed by atoms with Gasteiger partial charge in [-0.25, -0.2) is 4.98 Å². The standard InChI is InChI=1S/C8H9N5OS2/c9-8(13-10)16-3-5-11-4-1-2-15-6(4)7(14)12-5/h1-2H,3,10H2,(H2,9,13)(H,11,12,14). The molecule has 0 spiro atoms. The lowest BCUT2D eigenvalue weighted by atomic mass is 10.4. The van der Waals surface area contributed by atoms with Crippen molar-refractivity contribution in [2.45, 2.75) is 5.75 Å². The third-order valence-corrected chi connectivity index (χ3v) is 3.57. The molecule has 0 bridgehead atoms. The van der Waals surface area contributed by atoms with Crippen LogP contribution in [0, 0.1) is 0 Å². The van der Waals surface area contributed by atoms with Crippen molar-refractivity contribution in [3.63, 3.8) is 0 Å². The molecule has 5 N–H and O–H groups in total. The number of thioether (sulfide) groups is 1. The molecule has 0 aliphatic heterocycles. The lowest BCUT2D eigenvalue weighted by molar-refractivity contribution is 1.05. The number of aromatic nitrogens is 2. The molecule has 2 rings (SSSR count). The quantitative estimate of drug-likeness (QED) is 0.311. The van der Waals surface area contributed by atoms with Crippen molar-refractivity contribution in [1.29, 1.82) is 0 Å². The van der Waals surface area contributed by atoms with Gasteiger partial charge < -0.3 is 16.6 Å². The summed E-state index contributed by atoms with van der Waals surface area (Å²) in [4.78, 5) is 18.6. The molecule has 0 saturated carbocycles. The minimum Gasteiger partial charge on any atom is -0.377 e. The van der Waals surface area contributed by atoms with Gasteiger partial charge in [-0.2, -0.15) is 5.10 Å². The van der Waals surface area contributed by atoms with Crippen LogP contribution in [0.15, 0.2) is 21.3 Å². The lowest BCUT2D eigenvalue weighted by Gasteiger charge is -1.99. The van der Waals surface area contributed by atoms with Gasteiger partial charge in [0.1, 0.15) is 10.5 Å². The molecule has 0 aliphatic carbocycles. The van der Waals surface area contributed by atoms with E-state index in [-0.39, 0.29) is 10.7 Å². The summed E-state index contributed by atoms with van der Waals surface area (Å²) in [6.45, 7) is 0. The minimum atomic E-state index is -0.126. The minimum absolute atomic E-state index is 0.126. The average Bonchev–Trinajstić information content (AvgIpc) is 2.74. The van der Waals surface area contributed by atoms with Crippen LogP contribution in [-0.4, -0.2) is 15.1 Å². The average molecular weight is 255 g/mol. The van der Waals surface area contributed by atoms with Gasteiger partial charge in [0.15, 0.2) is 5.17 Å². The molecule has 0 saturated heterocycles. The van der Waals surface area contributed by atoms with E-state index in [4.69, 9.17) is 11.6 Å². The smallest absolute Gasteiger partial charge is 0.268 e. The van der Waals surface area contributed by atoms with Crippen molar-refractivity contribution in [3.05, 3.63) is 27.6 Å². The van der Waals surface area contributed by atoms with Crippen LogP contribution in [0.1, 0.15) is 5.82 Å². The Bertz CT molecular complexity index is 587. The Hall–Kier alpha value is -1.54. The zero-order valence-corrected chi connectivity index (χ0v) is 9.77. The topological polar surface area (TPSA) is 110 Å². The molecule has 0 fully saturated rings. The number of amidine groups is 1. The molecule has 0 aromatic carbocycles. The van der Waals surface area contributed by atoms with Gasteiger partial charge in [-0.3, -0.25) is 4.79 Å². The van der Waals surface area contributed by atoms with Crippen LogP contribution in [0.4, 0.5) is 0 Å². The fourth-order valence-corrected chi connectivity index (χ4v) is 2.39. The number of hydrogen-bond donors (Lipinski definition) is 3. The number of hydrogen-bond acceptors (Lipinski definition) is 6. The summed E-state index contributed by atoms with van der Waals surface area (Å²) in [5.41, 5.74) is 6.00. The second-order valence-electron chi connectivity index (χ2n) is 2.90. The summed E-state index contributed by atoms with van der Waals surface area (Å²) in [6, 6.07) is 1.81. The van der Waals surface area contributed by atoms with Gasteiger partial charge in [0.2, 0.25) is 0 Å². The summed E-state index contributed by atoms with van der Waals surface area (Å²) < 4.78 is 0.634. The molecule has 8 heteroatoms. The van der Waals surface area contributed by atoms with Crippen LogP contribution in [0.25, 0.3) is 10.2 Å². The van der Waals surface area contributed by atoms with E-state index in [9.17, 15) is 4.79 Å². The molecule has 16 heavy (non-hydrogen) atoms. The normalized spacial score (nSPS) is 12.1. The van der Waals surface area contributed by atoms with Gasteiger partial charge in [-0.15, -0.1) is 11.3 Å². The first-order chi connectivity index (χ1) is 7.70. The number of aromatic amines is 1. The van der Waals surface area contributed by atoms with Gasteiger partial charge in [-0.1, -0.05) is 11.8 Å². The molecule has 0 aliphatic rings. The number of nitrogens with one attached hydrogen (secondary N) is 1. The van der Waals surface area contributed by atoms with Gasteiger partial charge >= 0.3 is 0 Å². The number of nitrogens with two attached hydrogens (primary N) is 2. The Labute approximate surface area is 98.8 Å². The van der Waals surface area contributed by atoms with Gasteiger partial charge in [-0.05, 0) is 11.4 Å². The molecule has 2 heterocycles. The summed E-state index contributed by atoms with van der Waals surface area (Å²) >= 11 is 2.59. The number of H-pyrrole nitrogens is 1. The maximum atomic E-state index is 11.6. The van der Waals surface area contributed by atoms with E-state index in [1.165, 1.54) is 23.1 Å². The first kappa shape index (κ1) is 11.0. The SMILES string of the molecule is NN=C(N)SCc1nc2ccsc2c(=O)[nH]1. The van der Waals surface area contributed by atoms with E-state index in [1.807, 2.05) is 11.4 Å². The van der Waals surface area contributed by atoms with E-state index in [1.54, 1.807) is 0 Å². The molecule has 2 aromatic rings. The van der Waals surface area contributed by atoms with Gasteiger partial charge in [0.25, 0.3) is 5.56 Å². The fraction of sp³-hybridized carbons (Fsp3) is 0.125. The Balaban J connectivity index is 2.28. The molecular weight excluding hydrogens is 246 g/mol. The molecule has 0 amide bonds. The van der Waals surface area contributed by atoms with Crippen molar-refractivity contribution in [3.8, 4) is 0 Å². The van der Waals surface area contributed by atoms with Crippen LogP contribution >= 0.6 is 23.1 Å². The molecule has 0 atom stereocenters. The van der Waals surface area contributed by atoms with E-state index in [0.29, 0.717) is 21.8 Å². The Morgan fingerprint density at radius 3 is 3.25 bits per heavy atom. The summed E-state index contributed by atoms with van der Waals surface area (Å²) in [6.07, 6.45) is 0. The number of thiophene rings is 1. The molecular formula is C8H9N5OS2. The van der Waals surface area contributed by atoms with Crippen molar-refractivity contribution in [2.24, 2.45) is 16.7 Å². The maximum absolute atomic E-state index is 11.6. The zero-order valence-electron chi connectivity index (χ0n) is 8.14. The van der Waals surface area contributed by atoms with Crippen LogP contribution in [-0.2, 0) is 5.75 Å². The molecule has 84 valence electrons. The van der Waals surface area contributed by atoms with Crippen molar-refractivity contribution >= 4 is 38.5 Å². The Morgan fingerprint density at radius 2 is 2.50 bits per heavy atom. The summed E-state index contributed by atoms with van der Waals surface area (Å²) in [5, 5.41) is 5.41. The zero-order chi connectivity index (χ0) is 11.5. The van der Waals surface area contributed by atoms with Gasteiger partial charge in [0, 0.05) is 0 Å². The second kappa shape index (κ2) is 4.54. The highest BCUT2D eigenvalue weighted by atomic mass is 32.2. The number of nitrogens with zero attached hydrogens (tertiary/aromatic N) is 2. The second-order valence-corrected chi connectivity index (χ2v) is 4.82. The first-order valence-corrected chi connectivity index (χ1v) is 6.20. The summed E-state index contributed by atoms with van der Waals surface area (Å²) in [5.74, 6) is 5.99. The largest absolute Gasteiger partial charge is 0.377 e. The lowest BCUT2D eigenvalue weighted by Crippen LogP contribution is -2.13. The molecule has 6 nitrogen and oxygen atoms in total. The Morgan fingerprint density at radius 1 is 1.69 bits per heavy atom. The van der Waals surface area contributed by atoms with Crippen LogP contribution in [0.3, 0.4) is 0 Å². The molecule has 0 radical (unpaired) electrons. The molecule has 0 unspecified atom stereocenters. The number of fused-ring (bicyclic) bond motifs is 1. The van der Waals surface area contributed by atoms with Crippen molar-refractivity contribution in [2.75, 3.05) is 0 Å². The maximum Gasteiger partial charge on any atom is 0.268 e. The predicted molar refractivity (Wildman–Crippen MR) is 67.3 cm³/mol. The highest BCUT2D eigenvalue weighted by molar-refractivity contribution is 8.13. The van der Waals surface area contributed by atoms with E-state index in [0.717, 1.165) is 0 Å². The molecule has 2 aromatic heterocycles. The third-order valence-electron chi connectivity index (χ3n) is 1.85. The van der Waals surface area contributed by atoms with E-state index < -0.39 is 0 Å². The highest BCUT2D eigenvalue weighted by Crippen LogP contribution is 2.15. The number of hydrazone groups is 1. The van der Waals surface area contributed by atoms with Crippen LogP contribution in [0.2, 0.25) is 0 Å². The number of rotatable bonds is 2. The Kier molecular flexibility index (Phi) is 3.11. The highest BCUT2D eigenvalue weighted by Gasteiger charge is 2.05. The van der Waals surface area contributed by atoms with Crippen molar-refractivity contribution in [1.82, 2.24) is 9.97 Å². The van der Waals surface area contributed by atoms with E-state index in [2.05, 4.69) is 15.1 Å². The fourth-order valence-electron chi connectivity index (χ4n) is 1.17. The third kappa shape index (κ3) is 2.17. The van der Waals surface area contributed by atoms with Crippen molar-refractivity contribution < 1.29 is 0 Å².